The first-order valence-corrected chi connectivity index (χ1v) is 4.69. The zero-order valence-electron chi connectivity index (χ0n) is 8.66. The highest BCUT2D eigenvalue weighted by Crippen LogP contribution is 2.28. The van der Waals surface area contributed by atoms with E-state index in [1.54, 1.807) is 7.11 Å². The number of para-hydroxylation sites is 1. The molecule has 0 amide bonds. The molecule has 0 saturated carbocycles. The molecule has 1 atom stereocenters. The lowest BCUT2D eigenvalue weighted by Gasteiger charge is -2.17. The quantitative estimate of drug-likeness (QED) is 0.754. The molecule has 1 rings (SSSR count). The Labute approximate surface area is 84.5 Å². The summed E-state index contributed by atoms with van der Waals surface area (Å²) in [5.41, 5.74) is 7.62. The molecule has 0 aromatic heterocycles. The average Bonchev–Trinajstić information content (AvgIpc) is 2.20. The van der Waals surface area contributed by atoms with Gasteiger partial charge in [0.25, 0.3) is 0 Å². The van der Waals surface area contributed by atoms with E-state index in [0.717, 1.165) is 16.9 Å². The van der Waals surface area contributed by atoms with Crippen LogP contribution >= 0.6 is 0 Å². The van der Waals surface area contributed by atoms with Crippen LogP contribution in [-0.4, -0.2) is 25.4 Å². The summed E-state index contributed by atoms with van der Waals surface area (Å²) < 4.78 is 5.29. The van der Waals surface area contributed by atoms with Crippen LogP contribution in [-0.2, 0) is 0 Å². The molecule has 0 spiro atoms. The van der Waals surface area contributed by atoms with Crippen molar-refractivity contribution >= 4 is 0 Å². The fourth-order valence-electron chi connectivity index (χ4n) is 1.58. The Hall–Kier alpha value is -1.06. The zero-order chi connectivity index (χ0) is 10.6. The van der Waals surface area contributed by atoms with Crippen molar-refractivity contribution in [3.63, 3.8) is 0 Å². The van der Waals surface area contributed by atoms with Gasteiger partial charge in [-0.05, 0) is 12.5 Å². The molecule has 0 heterocycles. The van der Waals surface area contributed by atoms with Crippen LogP contribution < -0.4 is 10.5 Å². The highest BCUT2D eigenvalue weighted by atomic mass is 16.5. The Morgan fingerprint density at radius 1 is 1.50 bits per heavy atom. The van der Waals surface area contributed by atoms with Crippen molar-refractivity contribution in [1.29, 1.82) is 0 Å². The average molecular weight is 195 g/mol. The molecule has 0 bridgehead atoms. The highest BCUT2D eigenvalue weighted by Gasteiger charge is 2.14. The molecule has 3 heteroatoms. The number of methoxy groups -OCH3 is 1. The molecule has 1 aromatic rings. The predicted molar refractivity (Wildman–Crippen MR) is 56.6 cm³/mol. The van der Waals surface area contributed by atoms with Crippen LogP contribution in [0.15, 0.2) is 18.2 Å². The third-order valence-corrected chi connectivity index (χ3v) is 2.39. The molecule has 0 fully saturated rings. The van der Waals surface area contributed by atoms with E-state index >= 15 is 0 Å². The van der Waals surface area contributed by atoms with Crippen LogP contribution in [0.25, 0.3) is 0 Å². The molecule has 14 heavy (non-hydrogen) atoms. The van der Waals surface area contributed by atoms with Crippen LogP contribution in [0, 0.1) is 6.92 Å². The number of hydrogen-bond donors (Lipinski definition) is 2. The zero-order valence-corrected chi connectivity index (χ0v) is 8.66. The van der Waals surface area contributed by atoms with Gasteiger partial charge < -0.3 is 15.6 Å². The maximum Gasteiger partial charge on any atom is 0.125 e. The molecule has 1 aromatic carbocycles. The Morgan fingerprint density at radius 2 is 2.21 bits per heavy atom. The van der Waals surface area contributed by atoms with E-state index in [4.69, 9.17) is 15.6 Å². The first-order chi connectivity index (χ1) is 6.74. The van der Waals surface area contributed by atoms with Crippen molar-refractivity contribution in [2.75, 3.05) is 20.3 Å². The first kappa shape index (κ1) is 11.0. The summed E-state index contributed by atoms with van der Waals surface area (Å²) in [6, 6.07) is 5.87. The number of rotatable bonds is 4. The van der Waals surface area contributed by atoms with Crippen LogP contribution in [0.3, 0.4) is 0 Å². The lowest BCUT2D eigenvalue weighted by molar-refractivity contribution is 0.264. The summed E-state index contributed by atoms with van der Waals surface area (Å²) in [6.07, 6.45) is 0. The molecule has 0 saturated heterocycles. The molecule has 3 nitrogen and oxygen atoms in total. The largest absolute Gasteiger partial charge is 0.496 e. The first-order valence-electron chi connectivity index (χ1n) is 4.69. The number of benzene rings is 1. The van der Waals surface area contributed by atoms with Gasteiger partial charge in [-0.15, -0.1) is 0 Å². The van der Waals surface area contributed by atoms with Gasteiger partial charge in [-0.3, -0.25) is 0 Å². The van der Waals surface area contributed by atoms with Gasteiger partial charge in [0.2, 0.25) is 0 Å². The summed E-state index contributed by atoms with van der Waals surface area (Å²) in [5.74, 6) is 0.793. The predicted octanol–water partition coefficient (Wildman–Crippen LogP) is 1.04. The second-order valence-electron chi connectivity index (χ2n) is 3.31. The van der Waals surface area contributed by atoms with Crippen molar-refractivity contribution in [3.05, 3.63) is 29.3 Å². The fraction of sp³-hybridized carbons (Fsp3) is 0.455. The van der Waals surface area contributed by atoms with E-state index in [1.807, 2.05) is 25.1 Å². The summed E-state index contributed by atoms with van der Waals surface area (Å²) in [4.78, 5) is 0. The lowest BCUT2D eigenvalue weighted by Crippen LogP contribution is -2.17. The summed E-state index contributed by atoms with van der Waals surface area (Å²) >= 11 is 0. The van der Waals surface area contributed by atoms with E-state index in [9.17, 15) is 0 Å². The minimum absolute atomic E-state index is 0.0372. The summed E-state index contributed by atoms with van der Waals surface area (Å²) in [5, 5.41) is 9.15. The number of aliphatic hydroxyl groups is 1. The smallest absolute Gasteiger partial charge is 0.125 e. The second kappa shape index (κ2) is 4.98. The number of ether oxygens (including phenoxy) is 1. The monoisotopic (exact) mass is 195 g/mol. The number of nitrogens with two attached hydrogens (primary N) is 1. The minimum Gasteiger partial charge on any atom is -0.496 e. The van der Waals surface area contributed by atoms with Crippen molar-refractivity contribution in [1.82, 2.24) is 0 Å². The Bertz CT molecular complexity index is 295. The molecular weight excluding hydrogens is 178 g/mol. The van der Waals surface area contributed by atoms with Crippen LogP contribution in [0.1, 0.15) is 17.0 Å². The Morgan fingerprint density at radius 3 is 2.71 bits per heavy atom. The van der Waals surface area contributed by atoms with Gasteiger partial charge in [0.1, 0.15) is 5.75 Å². The molecule has 0 radical (unpaired) electrons. The molecule has 78 valence electrons. The second-order valence-corrected chi connectivity index (χ2v) is 3.31. The maximum atomic E-state index is 9.15. The van der Waals surface area contributed by atoms with Gasteiger partial charge >= 0.3 is 0 Å². The van der Waals surface area contributed by atoms with Crippen LogP contribution in [0.4, 0.5) is 0 Å². The summed E-state index contributed by atoms with van der Waals surface area (Å²) in [7, 11) is 1.64. The molecule has 0 aliphatic heterocycles. The Balaban J connectivity index is 3.11. The molecule has 0 aliphatic carbocycles. The van der Waals surface area contributed by atoms with Gasteiger partial charge in [0.05, 0.1) is 13.7 Å². The lowest BCUT2D eigenvalue weighted by atomic mass is 9.97. The molecule has 1 unspecified atom stereocenters. The standard InChI is InChI=1S/C11H17NO2/c1-8-4-3-5-10(11(8)14-2)9(6-12)7-13/h3-5,9,13H,6-7,12H2,1-2H3. The van der Waals surface area contributed by atoms with E-state index in [2.05, 4.69) is 0 Å². The van der Waals surface area contributed by atoms with Gasteiger partial charge in [-0.25, -0.2) is 0 Å². The van der Waals surface area contributed by atoms with Crippen molar-refractivity contribution < 1.29 is 9.84 Å². The summed E-state index contributed by atoms with van der Waals surface area (Å²) in [6.45, 7) is 2.46. The molecule has 3 N–H and O–H groups in total. The van der Waals surface area contributed by atoms with Gasteiger partial charge in [-0.1, -0.05) is 18.2 Å². The molecular formula is C11H17NO2. The van der Waals surface area contributed by atoms with E-state index in [-0.39, 0.29) is 12.5 Å². The van der Waals surface area contributed by atoms with Gasteiger partial charge in [-0.2, -0.15) is 0 Å². The SMILES string of the molecule is COc1c(C)cccc1C(CN)CO. The third kappa shape index (κ3) is 2.05. The fourth-order valence-corrected chi connectivity index (χ4v) is 1.58. The van der Waals surface area contributed by atoms with Crippen molar-refractivity contribution in [2.45, 2.75) is 12.8 Å². The highest BCUT2D eigenvalue weighted by molar-refractivity contribution is 5.43. The van der Waals surface area contributed by atoms with E-state index in [1.165, 1.54) is 0 Å². The number of hydrogen-bond acceptors (Lipinski definition) is 3. The van der Waals surface area contributed by atoms with Crippen LogP contribution in [0.2, 0.25) is 0 Å². The number of aryl methyl sites for hydroxylation is 1. The minimum atomic E-state index is -0.0372. The normalized spacial score (nSPS) is 12.6. The van der Waals surface area contributed by atoms with Crippen molar-refractivity contribution in [2.24, 2.45) is 5.73 Å². The van der Waals surface area contributed by atoms with Gasteiger partial charge in [0, 0.05) is 18.0 Å². The Kier molecular flexibility index (Phi) is 3.92. The maximum absolute atomic E-state index is 9.15. The molecule has 0 aliphatic rings. The number of aliphatic hydroxyl groups excluding tert-OH is 1. The van der Waals surface area contributed by atoms with Crippen LogP contribution in [0.5, 0.6) is 5.75 Å². The van der Waals surface area contributed by atoms with Crippen molar-refractivity contribution in [3.8, 4) is 5.75 Å². The topological polar surface area (TPSA) is 55.5 Å². The van der Waals surface area contributed by atoms with E-state index < -0.39 is 0 Å². The third-order valence-electron chi connectivity index (χ3n) is 2.39. The van der Waals surface area contributed by atoms with E-state index in [0.29, 0.717) is 6.54 Å². The van der Waals surface area contributed by atoms with Gasteiger partial charge in [0.15, 0.2) is 0 Å².